The van der Waals surface area contributed by atoms with Crippen molar-refractivity contribution in [2.45, 2.75) is 37.8 Å². The maximum Gasteiger partial charge on any atom is 0.326 e. The molecular formula is C23H25N3O5S. The Hall–Kier alpha value is -3.22. The molecule has 1 fully saturated rings. The van der Waals surface area contributed by atoms with Gasteiger partial charge in [-0.15, -0.1) is 0 Å². The molecule has 1 aliphatic heterocycles. The lowest BCUT2D eigenvalue weighted by atomic mass is 9.96. The highest BCUT2D eigenvalue weighted by atomic mass is 32.2. The standard InChI is InChI=1S/C23H25N3O5S/c1-23(12-5-13-26(23)32(2,30)31)22(29)25-20(21(27)28)14-16-8-10-17(11-9-16)19-7-4-3-6-18(19)15-24/h3-4,6-11,20H,5,12-14H2,1-2H3,(H,25,29)(H,27,28)/t20?,23-/m0/s1. The van der Waals surface area contributed by atoms with Gasteiger partial charge in [-0.3, -0.25) is 4.79 Å². The summed E-state index contributed by atoms with van der Waals surface area (Å²) in [6, 6.07) is 15.2. The molecule has 0 aliphatic carbocycles. The molecule has 0 saturated carbocycles. The lowest BCUT2D eigenvalue weighted by Crippen LogP contribution is -2.58. The normalized spacial score (nSPS) is 19.8. The van der Waals surface area contributed by atoms with E-state index in [1.165, 1.54) is 6.92 Å². The molecule has 2 aromatic carbocycles. The average molecular weight is 456 g/mol. The Morgan fingerprint density at radius 1 is 1.22 bits per heavy atom. The van der Waals surface area contributed by atoms with E-state index >= 15 is 0 Å². The van der Waals surface area contributed by atoms with Gasteiger partial charge in [0.2, 0.25) is 15.9 Å². The molecule has 2 N–H and O–H groups in total. The summed E-state index contributed by atoms with van der Waals surface area (Å²) in [5, 5.41) is 21.5. The Balaban J connectivity index is 1.77. The molecular weight excluding hydrogens is 430 g/mol. The van der Waals surface area contributed by atoms with E-state index < -0.39 is 33.5 Å². The van der Waals surface area contributed by atoms with Crippen molar-refractivity contribution in [2.75, 3.05) is 12.8 Å². The number of rotatable bonds is 7. The first-order valence-electron chi connectivity index (χ1n) is 10.2. The lowest BCUT2D eigenvalue weighted by Gasteiger charge is -2.33. The average Bonchev–Trinajstić information content (AvgIpc) is 3.17. The molecule has 1 aliphatic rings. The van der Waals surface area contributed by atoms with Crippen LogP contribution in [0.25, 0.3) is 11.1 Å². The van der Waals surface area contributed by atoms with Crippen LogP contribution in [0.1, 0.15) is 30.9 Å². The Bertz CT molecular complexity index is 1170. The fraction of sp³-hybridized carbons (Fsp3) is 0.348. The summed E-state index contributed by atoms with van der Waals surface area (Å²) in [5.41, 5.74) is 1.51. The maximum absolute atomic E-state index is 12.9. The lowest BCUT2D eigenvalue weighted by molar-refractivity contribution is -0.143. The highest BCUT2D eigenvalue weighted by molar-refractivity contribution is 7.88. The van der Waals surface area contributed by atoms with Crippen molar-refractivity contribution in [3.05, 3.63) is 59.7 Å². The second kappa shape index (κ2) is 9.10. The summed E-state index contributed by atoms with van der Waals surface area (Å²) in [7, 11) is -3.60. The van der Waals surface area contributed by atoms with Gasteiger partial charge in [-0.2, -0.15) is 9.57 Å². The zero-order chi connectivity index (χ0) is 23.5. The molecule has 168 valence electrons. The zero-order valence-electron chi connectivity index (χ0n) is 17.9. The fourth-order valence-electron chi connectivity index (χ4n) is 4.10. The van der Waals surface area contributed by atoms with Crippen molar-refractivity contribution in [3.8, 4) is 17.2 Å². The molecule has 0 radical (unpaired) electrons. The highest BCUT2D eigenvalue weighted by Gasteiger charge is 2.48. The largest absolute Gasteiger partial charge is 0.480 e. The molecule has 0 spiro atoms. The Kier molecular flexibility index (Phi) is 6.67. The van der Waals surface area contributed by atoms with Crippen molar-refractivity contribution in [1.82, 2.24) is 9.62 Å². The molecule has 1 amide bonds. The number of carboxylic acids is 1. The summed E-state index contributed by atoms with van der Waals surface area (Å²) in [5.74, 6) is -1.82. The minimum atomic E-state index is -3.60. The third kappa shape index (κ3) is 4.82. The molecule has 2 aromatic rings. The number of sulfonamides is 1. The van der Waals surface area contributed by atoms with Crippen LogP contribution in [-0.4, -0.2) is 54.1 Å². The predicted molar refractivity (Wildman–Crippen MR) is 119 cm³/mol. The van der Waals surface area contributed by atoms with Crippen LogP contribution in [0.3, 0.4) is 0 Å². The number of amides is 1. The van der Waals surface area contributed by atoms with E-state index in [4.69, 9.17) is 0 Å². The Morgan fingerprint density at radius 3 is 2.47 bits per heavy atom. The summed E-state index contributed by atoms with van der Waals surface area (Å²) in [6.45, 7) is 1.75. The summed E-state index contributed by atoms with van der Waals surface area (Å²) in [6.07, 6.45) is 1.94. The zero-order valence-corrected chi connectivity index (χ0v) is 18.7. The molecule has 1 heterocycles. The molecule has 8 nitrogen and oxygen atoms in total. The van der Waals surface area contributed by atoms with E-state index in [2.05, 4.69) is 11.4 Å². The maximum atomic E-state index is 12.9. The van der Waals surface area contributed by atoms with E-state index in [9.17, 15) is 28.4 Å². The van der Waals surface area contributed by atoms with Gasteiger partial charge in [0, 0.05) is 13.0 Å². The molecule has 1 unspecified atom stereocenters. The molecule has 2 atom stereocenters. The Labute approximate surface area is 187 Å². The second-order valence-corrected chi connectivity index (χ2v) is 10.0. The van der Waals surface area contributed by atoms with Gasteiger partial charge >= 0.3 is 5.97 Å². The summed E-state index contributed by atoms with van der Waals surface area (Å²) < 4.78 is 25.3. The molecule has 0 aromatic heterocycles. The number of nitriles is 1. The first-order valence-corrected chi connectivity index (χ1v) is 12.0. The monoisotopic (exact) mass is 455 g/mol. The van der Waals surface area contributed by atoms with Crippen molar-refractivity contribution in [3.63, 3.8) is 0 Å². The van der Waals surface area contributed by atoms with E-state index in [1.807, 2.05) is 12.1 Å². The quantitative estimate of drug-likeness (QED) is 0.658. The van der Waals surface area contributed by atoms with Crippen LogP contribution in [-0.2, 0) is 26.0 Å². The van der Waals surface area contributed by atoms with Crippen molar-refractivity contribution in [2.24, 2.45) is 0 Å². The van der Waals surface area contributed by atoms with Gasteiger partial charge in [0.15, 0.2) is 0 Å². The predicted octanol–water partition coefficient (Wildman–Crippen LogP) is 2.15. The third-order valence-corrected chi connectivity index (χ3v) is 7.21. The highest BCUT2D eigenvalue weighted by Crippen LogP contribution is 2.31. The van der Waals surface area contributed by atoms with E-state index in [1.54, 1.807) is 36.4 Å². The van der Waals surface area contributed by atoms with Crippen molar-refractivity contribution >= 4 is 21.9 Å². The van der Waals surface area contributed by atoms with Crippen LogP contribution in [0.2, 0.25) is 0 Å². The van der Waals surface area contributed by atoms with Crippen LogP contribution < -0.4 is 5.32 Å². The van der Waals surface area contributed by atoms with E-state index in [0.29, 0.717) is 24.0 Å². The van der Waals surface area contributed by atoms with Crippen LogP contribution in [0.4, 0.5) is 0 Å². The number of benzene rings is 2. The van der Waals surface area contributed by atoms with Crippen LogP contribution >= 0.6 is 0 Å². The number of hydrogen-bond acceptors (Lipinski definition) is 5. The van der Waals surface area contributed by atoms with Gasteiger partial charge in [0.05, 0.1) is 17.9 Å². The third-order valence-electron chi connectivity index (χ3n) is 5.82. The first kappa shape index (κ1) is 23.4. The number of aliphatic carboxylic acids is 1. The molecule has 1 saturated heterocycles. The second-order valence-electron chi connectivity index (χ2n) is 8.14. The minimum Gasteiger partial charge on any atom is -0.480 e. The molecule has 32 heavy (non-hydrogen) atoms. The van der Waals surface area contributed by atoms with E-state index in [-0.39, 0.29) is 13.0 Å². The molecule has 9 heteroatoms. The van der Waals surface area contributed by atoms with Crippen molar-refractivity contribution in [1.29, 1.82) is 5.26 Å². The number of nitrogens with one attached hydrogen (secondary N) is 1. The van der Waals surface area contributed by atoms with Crippen molar-refractivity contribution < 1.29 is 23.1 Å². The SMILES string of the molecule is C[C@@]1(C(=O)NC(Cc2ccc(-c3ccccc3C#N)cc2)C(=O)O)CCCN1S(C)(=O)=O. The number of hydrogen-bond donors (Lipinski definition) is 2. The van der Waals surface area contributed by atoms with Gasteiger partial charge in [-0.05, 0) is 42.5 Å². The molecule has 0 bridgehead atoms. The molecule has 3 rings (SSSR count). The van der Waals surface area contributed by atoms with Crippen LogP contribution in [0.15, 0.2) is 48.5 Å². The number of nitrogens with zero attached hydrogens (tertiary/aromatic N) is 2. The fourth-order valence-corrected chi connectivity index (χ4v) is 5.47. The Morgan fingerprint density at radius 2 is 1.88 bits per heavy atom. The van der Waals surface area contributed by atoms with Gasteiger partial charge in [-0.1, -0.05) is 42.5 Å². The van der Waals surface area contributed by atoms with E-state index in [0.717, 1.165) is 21.7 Å². The summed E-state index contributed by atoms with van der Waals surface area (Å²) >= 11 is 0. The van der Waals surface area contributed by atoms with Crippen LogP contribution in [0, 0.1) is 11.3 Å². The number of carboxylic acid groups (broad SMARTS) is 1. The van der Waals surface area contributed by atoms with Gasteiger partial charge in [0.25, 0.3) is 0 Å². The topological polar surface area (TPSA) is 128 Å². The van der Waals surface area contributed by atoms with Gasteiger partial charge < -0.3 is 10.4 Å². The number of carbonyl (C=O) groups is 2. The van der Waals surface area contributed by atoms with Gasteiger partial charge in [-0.25, -0.2) is 13.2 Å². The summed E-state index contributed by atoms with van der Waals surface area (Å²) in [4.78, 5) is 24.8. The first-order chi connectivity index (χ1) is 15.1. The minimum absolute atomic E-state index is 0.0379. The number of carbonyl (C=O) groups excluding carboxylic acids is 1. The van der Waals surface area contributed by atoms with Gasteiger partial charge in [0.1, 0.15) is 11.6 Å². The van der Waals surface area contributed by atoms with Crippen LogP contribution in [0.5, 0.6) is 0 Å². The smallest absolute Gasteiger partial charge is 0.326 e.